The summed E-state index contributed by atoms with van der Waals surface area (Å²) in [7, 11) is 1.80. The van der Waals surface area contributed by atoms with Gasteiger partial charge in [-0.3, -0.25) is 0 Å². The number of nitrogens with zero attached hydrogens (tertiary/aromatic N) is 8. The third kappa shape index (κ3) is 3.23. The molecule has 10 nitrogen and oxygen atoms in total. The van der Waals surface area contributed by atoms with E-state index in [9.17, 15) is 0 Å². The standard InChI is InChI=1S/C16H17ClN8O2/c1-16(2,3)10-5-13-19-20-14(11-6-12(17)27-22-11)25(13)21-15(10)26-8-9-7-18-23-24(9)4/h5-7H,8H2,1-4H3. The van der Waals surface area contributed by atoms with Gasteiger partial charge in [0, 0.05) is 18.7 Å². The summed E-state index contributed by atoms with van der Waals surface area (Å²) in [4.78, 5) is 0. The minimum atomic E-state index is -0.210. The van der Waals surface area contributed by atoms with Crippen LogP contribution in [-0.4, -0.2) is 40.0 Å². The van der Waals surface area contributed by atoms with E-state index in [1.54, 1.807) is 28.5 Å². The number of rotatable bonds is 4. The second-order valence-electron chi connectivity index (χ2n) is 7.06. The van der Waals surface area contributed by atoms with Crippen LogP contribution in [0.3, 0.4) is 0 Å². The smallest absolute Gasteiger partial charge is 0.236 e. The first-order valence-corrected chi connectivity index (χ1v) is 8.56. The van der Waals surface area contributed by atoms with Gasteiger partial charge in [-0.25, -0.2) is 4.68 Å². The van der Waals surface area contributed by atoms with Crippen molar-refractivity contribution in [2.75, 3.05) is 0 Å². The molecule has 0 saturated carbocycles. The van der Waals surface area contributed by atoms with Gasteiger partial charge in [-0.15, -0.1) is 20.4 Å². The Morgan fingerprint density at radius 1 is 1.22 bits per heavy atom. The molecular formula is C16H17ClN8O2. The summed E-state index contributed by atoms with van der Waals surface area (Å²) in [5.41, 5.74) is 2.53. The Labute approximate surface area is 159 Å². The molecule has 11 heteroatoms. The maximum Gasteiger partial charge on any atom is 0.236 e. The molecule has 0 aliphatic heterocycles. The topological polar surface area (TPSA) is 109 Å². The first kappa shape index (κ1) is 17.4. The highest BCUT2D eigenvalue weighted by Crippen LogP contribution is 2.32. The third-order valence-electron chi connectivity index (χ3n) is 4.04. The molecule has 0 aliphatic rings. The Kier molecular flexibility index (Phi) is 4.06. The Morgan fingerprint density at radius 3 is 2.67 bits per heavy atom. The summed E-state index contributed by atoms with van der Waals surface area (Å²) in [6.45, 7) is 6.51. The fourth-order valence-electron chi connectivity index (χ4n) is 2.56. The van der Waals surface area contributed by atoms with Crippen LogP contribution in [0.15, 0.2) is 22.9 Å². The summed E-state index contributed by atoms with van der Waals surface area (Å²) in [5.74, 6) is 0.875. The molecule has 0 amide bonds. The Balaban J connectivity index is 1.80. The van der Waals surface area contributed by atoms with Gasteiger partial charge >= 0.3 is 0 Å². The molecule has 4 aromatic rings. The van der Waals surface area contributed by atoms with Crippen LogP contribution < -0.4 is 4.74 Å². The first-order chi connectivity index (χ1) is 12.8. The number of hydrogen-bond acceptors (Lipinski definition) is 8. The van der Waals surface area contributed by atoms with Crippen LogP contribution in [0, 0.1) is 0 Å². The molecule has 140 valence electrons. The van der Waals surface area contributed by atoms with Gasteiger partial charge in [-0.1, -0.05) is 31.1 Å². The fraction of sp³-hybridized carbons (Fsp3) is 0.375. The highest BCUT2D eigenvalue weighted by Gasteiger charge is 2.24. The first-order valence-electron chi connectivity index (χ1n) is 8.19. The van der Waals surface area contributed by atoms with E-state index in [2.05, 4.69) is 51.5 Å². The SMILES string of the molecule is Cn1nncc1COc1nn2c(-c3cc(Cl)on3)nnc2cc1C(C)(C)C. The van der Waals surface area contributed by atoms with Crippen molar-refractivity contribution in [1.82, 2.24) is 40.0 Å². The van der Waals surface area contributed by atoms with Crippen LogP contribution in [0.1, 0.15) is 32.0 Å². The number of halogens is 1. The number of hydrogen-bond donors (Lipinski definition) is 0. The lowest BCUT2D eigenvalue weighted by molar-refractivity contribution is 0.270. The van der Waals surface area contributed by atoms with Crippen molar-refractivity contribution in [3.63, 3.8) is 0 Å². The quantitative estimate of drug-likeness (QED) is 0.524. The highest BCUT2D eigenvalue weighted by atomic mass is 35.5. The highest BCUT2D eigenvalue weighted by molar-refractivity contribution is 6.29. The Morgan fingerprint density at radius 2 is 2.04 bits per heavy atom. The van der Waals surface area contributed by atoms with Crippen LogP contribution in [0.25, 0.3) is 17.2 Å². The zero-order chi connectivity index (χ0) is 19.2. The summed E-state index contributed by atoms with van der Waals surface area (Å²) in [5, 5.41) is 24.8. The fourth-order valence-corrected chi connectivity index (χ4v) is 2.70. The zero-order valence-corrected chi connectivity index (χ0v) is 16.0. The molecule has 0 N–H and O–H groups in total. The number of fused-ring (bicyclic) bond motifs is 1. The summed E-state index contributed by atoms with van der Waals surface area (Å²) in [6.07, 6.45) is 1.65. The largest absolute Gasteiger partial charge is 0.470 e. The van der Waals surface area contributed by atoms with Crippen molar-refractivity contribution in [3.05, 3.63) is 34.8 Å². The molecule has 0 aliphatic carbocycles. The van der Waals surface area contributed by atoms with E-state index in [0.29, 0.717) is 23.0 Å². The molecule has 0 spiro atoms. The van der Waals surface area contributed by atoms with Crippen molar-refractivity contribution in [3.8, 4) is 17.4 Å². The second kappa shape index (κ2) is 6.31. The van der Waals surface area contributed by atoms with E-state index in [4.69, 9.17) is 20.9 Å². The van der Waals surface area contributed by atoms with Crippen molar-refractivity contribution < 1.29 is 9.26 Å². The van der Waals surface area contributed by atoms with Gasteiger partial charge < -0.3 is 9.26 Å². The van der Waals surface area contributed by atoms with Gasteiger partial charge in [0.1, 0.15) is 6.61 Å². The van der Waals surface area contributed by atoms with Gasteiger partial charge in [0.2, 0.25) is 16.9 Å². The van der Waals surface area contributed by atoms with E-state index >= 15 is 0 Å². The van der Waals surface area contributed by atoms with Gasteiger partial charge in [0.25, 0.3) is 0 Å². The second-order valence-corrected chi connectivity index (χ2v) is 7.43. The molecule has 0 unspecified atom stereocenters. The molecule has 4 aromatic heterocycles. The third-order valence-corrected chi connectivity index (χ3v) is 4.22. The van der Waals surface area contributed by atoms with Gasteiger partial charge in [0.05, 0.1) is 11.9 Å². The monoisotopic (exact) mass is 388 g/mol. The normalized spacial score (nSPS) is 12.0. The molecule has 0 fully saturated rings. The number of ether oxygens (including phenoxy) is 1. The van der Waals surface area contributed by atoms with E-state index < -0.39 is 0 Å². The Hall–Kier alpha value is -3.01. The minimum Gasteiger partial charge on any atom is -0.470 e. The van der Waals surface area contributed by atoms with Gasteiger partial charge in [-0.2, -0.15) is 4.52 Å². The molecule has 0 aromatic carbocycles. The molecule has 0 radical (unpaired) electrons. The van der Waals surface area contributed by atoms with Crippen LogP contribution in [0.2, 0.25) is 5.22 Å². The minimum absolute atomic E-state index is 0.160. The van der Waals surface area contributed by atoms with Crippen LogP contribution in [0.5, 0.6) is 5.88 Å². The summed E-state index contributed by atoms with van der Waals surface area (Å²) >= 11 is 5.82. The van der Waals surface area contributed by atoms with Crippen LogP contribution in [0.4, 0.5) is 0 Å². The maximum atomic E-state index is 6.00. The predicted molar refractivity (Wildman–Crippen MR) is 95.3 cm³/mol. The van der Waals surface area contributed by atoms with E-state index in [0.717, 1.165) is 11.3 Å². The summed E-state index contributed by atoms with van der Waals surface area (Å²) in [6, 6.07) is 3.46. The summed E-state index contributed by atoms with van der Waals surface area (Å²) < 4.78 is 14.1. The van der Waals surface area contributed by atoms with Crippen LogP contribution >= 0.6 is 11.6 Å². The molecule has 0 atom stereocenters. The molecule has 4 heterocycles. The maximum absolute atomic E-state index is 6.00. The molecule has 0 saturated heterocycles. The lowest BCUT2D eigenvalue weighted by Crippen LogP contribution is -2.16. The number of aromatic nitrogens is 8. The zero-order valence-electron chi connectivity index (χ0n) is 15.2. The molecule has 4 rings (SSSR count). The average molecular weight is 389 g/mol. The van der Waals surface area contributed by atoms with Crippen molar-refractivity contribution >= 4 is 17.2 Å². The lowest BCUT2D eigenvalue weighted by atomic mass is 9.88. The van der Waals surface area contributed by atoms with Gasteiger partial charge in [0.15, 0.2) is 11.3 Å². The van der Waals surface area contributed by atoms with E-state index in [-0.39, 0.29) is 17.2 Å². The lowest BCUT2D eigenvalue weighted by Gasteiger charge is -2.21. The Bertz CT molecular complexity index is 1110. The van der Waals surface area contributed by atoms with Crippen LogP contribution in [-0.2, 0) is 19.1 Å². The molecular weight excluding hydrogens is 372 g/mol. The molecule has 0 bridgehead atoms. The number of aryl methyl sites for hydroxylation is 1. The average Bonchev–Trinajstić information content (AvgIpc) is 3.31. The van der Waals surface area contributed by atoms with Crippen molar-refractivity contribution in [2.24, 2.45) is 7.05 Å². The van der Waals surface area contributed by atoms with Crippen molar-refractivity contribution in [1.29, 1.82) is 0 Å². The van der Waals surface area contributed by atoms with E-state index in [1.165, 1.54) is 0 Å². The van der Waals surface area contributed by atoms with E-state index in [1.807, 2.05) is 6.07 Å². The van der Waals surface area contributed by atoms with Crippen molar-refractivity contribution in [2.45, 2.75) is 32.8 Å². The van der Waals surface area contributed by atoms with Gasteiger partial charge in [-0.05, 0) is 23.1 Å². The molecule has 27 heavy (non-hydrogen) atoms. The predicted octanol–water partition coefficient (Wildman–Crippen LogP) is 2.44.